The largest absolute Gasteiger partial charge is 0.288 e. The Kier molecular flexibility index (Phi) is 2.90. The normalized spacial score (nSPS) is 13.3. The summed E-state index contributed by atoms with van der Waals surface area (Å²) >= 11 is 0. The summed E-state index contributed by atoms with van der Waals surface area (Å²) in [5, 5.41) is 1.19. The van der Waals surface area contributed by atoms with Gasteiger partial charge in [-0.15, -0.1) is 0 Å². The van der Waals surface area contributed by atoms with Gasteiger partial charge in [-0.2, -0.15) is 4.57 Å². The lowest BCUT2D eigenvalue weighted by Crippen LogP contribution is -2.38. The molecule has 0 aliphatic heterocycles. The first-order chi connectivity index (χ1) is 10.8. The van der Waals surface area contributed by atoms with E-state index in [1.807, 2.05) is 42.5 Å². The molecule has 0 amide bonds. The van der Waals surface area contributed by atoms with Gasteiger partial charge in [0, 0.05) is 23.1 Å². The van der Waals surface area contributed by atoms with Gasteiger partial charge in [0.25, 0.3) is 0 Å². The van der Waals surface area contributed by atoms with Crippen molar-refractivity contribution in [2.75, 3.05) is 0 Å². The van der Waals surface area contributed by atoms with Gasteiger partial charge in [0.1, 0.15) is 6.54 Å². The average molecular weight is 286 g/mol. The van der Waals surface area contributed by atoms with E-state index in [4.69, 9.17) is 0 Å². The van der Waals surface area contributed by atoms with E-state index >= 15 is 0 Å². The van der Waals surface area contributed by atoms with Crippen molar-refractivity contribution in [1.29, 1.82) is 0 Å². The monoisotopic (exact) mass is 286 g/mol. The summed E-state index contributed by atoms with van der Waals surface area (Å²) in [6, 6.07) is 20.2. The van der Waals surface area contributed by atoms with Gasteiger partial charge < -0.3 is 0 Å². The molecule has 4 rings (SSSR count). The Balaban J connectivity index is 1.95. The molecule has 3 aromatic rings. The molecule has 0 atom stereocenters. The number of pyridine rings is 1. The number of rotatable bonds is 2. The first-order valence-electron chi connectivity index (χ1n) is 7.57. The Bertz CT molecular complexity index is 937. The number of hydrogen-bond donors (Lipinski definition) is 0. The maximum absolute atomic E-state index is 12.7. The van der Waals surface area contributed by atoms with Gasteiger partial charge in [-0.1, -0.05) is 36.4 Å². The van der Waals surface area contributed by atoms with Crippen molar-refractivity contribution >= 4 is 28.3 Å². The van der Waals surface area contributed by atoms with Crippen molar-refractivity contribution in [3.63, 3.8) is 0 Å². The lowest BCUT2D eigenvalue weighted by atomic mass is 10.0. The second kappa shape index (κ2) is 4.92. The van der Waals surface area contributed by atoms with Crippen molar-refractivity contribution in [3.8, 4) is 0 Å². The SMILES string of the molecule is CC[n+]1c(C2=Cc3ccccc3C2=O)ccc2ccccc21. The molecule has 0 saturated carbocycles. The maximum atomic E-state index is 12.7. The zero-order valence-electron chi connectivity index (χ0n) is 12.4. The van der Waals surface area contributed by atoms with Gasteiger partial charge in [-0.05, 0) is 30.7 Å². The number of Topliss-reactive ketones (excluding diaryl/α,β-unsaturated/α-hetero) is 1. The van der Waals surface area contributed by atoms with E-state index < -0.39 is 0 Å². The van der Waals surface area contributed by atoms with E-state index in [-0.39, 0.29) is 5.78 Å². The molecular formula is C20H16NO+. The number of benzene rings is 2. The summed E-state index contributed by atoms with van der Waals surface area (Å²) in [7, 11) is 0. The predicted octanol–water partition coefficient (Wildman–Crippen LogP) is 3.88. The third-order valence-electron chi connectivity index (χ3n) is 4.28. The summed E-state index contributed by atoms with van der Waals surface area (Å²) in [6.45, 7) is 2.95. The van der Waals surface area contributed by atoms with Crippen molar-refractivity contribution in [2.45, 2.75) is 13.5 Å². The molecule has 1 heterocycles. The number of para-hydroxylation sites is 1. The highest BCUT2D eigenvalue weighted by Gasteiger charge is 2.29. The van der Waals surface area contributed by atoms with E-state index in [0.29, 0.717) is 0 Å². The molecule has 1 aliphatic carbocycles. The number of hydrogen-bond acceptors (Lipinski definition) is 1. The highest BCUT2D eigenvalue weighted by Crippen LogP contribution is 2.30. The van der Waals surface area contributed by atoms with Gasteiger partial charge in [0.15, 0.2) is 5.78 Å². The molecule has 0 bridgehead atoms. The number of aromatic nitrogens is 1. The molecule has 0 unspecified atom stereocenters. The Morgan fingerprint density at radius 1 is 0.909 bits per heavy atom. The molecule has 2 heteroatoms. The molecule has 0 radical (unpaired) electrons. The fourth-order valence-electron chi connectivity index (χ4n) is 3.22. The number of nitrogens with zero attached hydrogens (tertiary/aromatic N) is 1. The van der Waals surface area contributed by atoms with Crippen LogP contribution in [0.1, 0.15) is 28.5 Å². The van der Waals surface area contributed by atoms with Crippen molar-refractivity contribution in [3.05, 3.63) is 77.5 Å². The van der Waals surface area contributed by atoms with Crippen LogP contribution >= 0.6 is 0 Å². The summed E-state index contributed by atoms with van der Waals surface area (Å²) in [5.74, 6) is 0.119. The molecule has 1 aliphatic rings. The number of aryl methyl sites for hydroxylation is 1. The van der Waals surface area contributed by atoms with Crippen molar-refractivity contribution in [1.82, 2.24) is 0 Å². The van der Waals surface area contributed by atoms with Gasteiger partial charge >= 0.3 is 0 Å². The van der Waals surface area contributed by atoms with Crippen LogP contribution in [0.2, 0.25) is 0 Å². The molecule has 1 aromatic heterocycles. The number of allylic oxidation sites excluding steroid dienone is 1. The Morgan fingerprint density at radius 2 is 1.68 bits per heavy atom. The van der Waals surface area contributed by atoms with Crippen LogP contribution in [0.25, 0.3) is 22.6 Å². The smallest absolute Gasteiger partial charge is 0.217 e. The quantitative estimate of drug-likeness (QED) is 0.655. The third kappa shape index (κ3) is 1.81. The number of carbonyl (C=O) groups is 1. The van der Waals surface area contributed by atoms with E-state index in [0.717, 1.165) is 34.5 Å². The zero-order valence-corrected chi connectivity index (χ0v) is 12.4. The molecule has 2 aromatic carbocycles. The highest BCUT2D eigenvalue weighted by molar-refractivity contribution is 6.36. The molecule has 0 spiro atoms. The van der Waals surface area contributed by atoms with Gasteiger partial charge in [0.2, 0.25) is 11.2 Å². The van der Waals surface area contributed by atoms with Crippen LogP contribution in [-0.2, 0) is 6.54 Å². The maximum Gasteiger partial charge on any atom is 0.217 e. The lowest BCUT2D eigenvalue weighted by molar-refractivity contribution is -0.669. The minimum Gasteiger partial charge on any atom is -0.288 e. The predicted molar refractivity (Wildman–Crippen MR) is 88.5 cm³/mol. The van der Waals surface area contributed by atoms with Crippen LogP contribution in [0.4, 0.5) is 0 Å². The number of fused-ring (bicyclic) bond motifs is 2. The highest BCUT2D eigenvalue weighted by atomic mass is 16.1. The summed E-state index contributed by atoms with van der Waals surface area (Å²) < 4.78 is 2.21. The number of carbonyl (C=O) groups excluding carboxylic acids is 1. The molecule has 2 nitrogen and oxygen atoms in total. The molecule has 22 heavy (non-hydrogen) atoms. The standard InChI is InChI=1S/C20H16NO/c1-2-21-18-10-6-4-7-14(18)11-12-19(21)17-13-15-8-3-5-9-16(15)20(17)22/h3-13H,2H2,1H3/q+1. The zero-order chi connectivity index (χ0) is 15.1. The molecule has 0 saturated heterocycles. The van der Waals surface area contributed by atoms with Crippen LogP contribution < -0.4 is 4.57 Å². The Labute approximate surface area is 129 Å². The van der Waals surface area contributed by atoms with Crippen LogP contribution in [0, 0.1) is 0 Å². The van der Waals surface area contributed by atoms with E-state index in [2.05, 4.69) is 35.8 Å². The second-order valence-corrected chi connectivity index (χ2v) is 5.50. The molecule has 0 N–H and O–H groups in total. The van der Waals surface area contributed by atoms with E-state index in [9.17, 15) is 4.79 Å². The van der Waals surface area contributed by atoms with Gasteiger partial charge in [0.05, 0.1) is 5.57 Å². The van der Waals surface area contributed by atoms with E-state index in [1.165, 1.54) is 5.39 Å². The second-order valence-electron chi connectivity index (χ2n) is 5.50. The van der Waals surface area contributed by atoms with E-state index in [1.54, 1.807) is 0 Å². The number of ketones is 1. The molecule has 106 valence electrons. The molecular weight excluding hydrogens is 270 g/mol. The fraction of sp³-hybridized carbons (Fsp3) is 0.100. The van der Waals surface area contributed by atoms with Gasteiger partial charge in [-0.3, -0.25) is 4.79 Å². The minimum absolute atomic E-state index is 0.119. The van der Waals surface area contributed by atoms with Crippen LogP contribution in [0.3, 0.4) is 0 Å². The Morgan fingerprint density at radius 3 is 2.50 bits per heavy atom. The summed E-state index contributed by atoms with van der Waals surface area (Å²) in [5.41, 5.74) is 4.75. The first-order valence-corrected chi connectivity index (χ1v) is 7.57. The average Bonchev–Trinajstić information content (AvgIpc) is 2.91. The fourth-order valence-corrected chi connectivity index (χ4v) is 3.22. The minimum atomic E-state index is 0.119. The third-order valence-corrected chi connectivity index (χ3v) is 4.28. The van der Waals surface area contributed by atoms with Gasteiger partial charge in [-0.25, -0.2) is 0 Å². The van der Waals surface area contributed by atoms with Crippen molar-refractivity contribution in [2.24, 2.45) is 0 Å². The molecule has 0 fully saturated rings. The summed E-state index contributed by atoms with van der Waals surface area (Å²) in [6.07, 6.45) is 2.01. The topological polar surface area (TPSA) is 20.9 Å². The lowest BCUT2D eigenvalue weighted by Gasteiger charge is -2.06. The van der Waals surface area contributed by atoms with Crippen molar-refractivity contribution < 1.29 is 9.36 Å². The van der Waals surface area contributed by atoms with Crippen LogP contribution in [-0.4, -0.2) is 5.78 Å². The Hall–Kier alpha value is -2.74. The van der Waals surface area contributed by atoms with Crippen LogP contribution in [0.15, 0.2) is 60.7 Å². The first kappa shape index (κ1) is 13.0. The van der Waals surface area contributed by atoms with Crippen LogP contribution in [0.5, 0.6) is 0 Å². The summed E-state index contributed by atoms with van der Waals surface area (Å²) in [4.78, 5) is 12.7.